The highest BCUT2D eigenvalue weighted by atomic mass is 35.5. The number of rotatable bonds is 6. The number of nitrogens with zero attached hydrogens (tertiary/aromatic N) is 4. The fourth-order valence-electron chi connectivity index (χ4n) is 6.01. The van der Waals surface area contributed by atoms with Crippen LogP contribution in [0.15, 0.2) is 34.9 Å². The van der Waals surface area contributed by atoms with E-state index in [0.29, 0.717) is 37.4 Å². The van der Waals surface area contributed by atoms with Crippen molar-refractivity contribution in [3.8, 4) is 0 Å². The predicted molar refractivity (Wildman–Crippen MR) is 152 cm³/mol. The van der Waals surface area contributed by atoms with Crippen LogP contribution in [-0.4, -0.2) is 69.1 Å². The summed E-state index contributed by atoms with van der Waals surface area (Å²) >= 11 is 5.92. The van der Waals surface area contributed by atoms with Gasteiger partial charge in [0, 0.05) is 44.2 Å². The smallest absolute Gasteiger partial charge is 0.294 e. The summed E-state index contributed by atoms with van der Waals surface area (Å²) in [6.45, 7) is 2.12. The zero-order valence-electron chi connectivity index (χ0n) is 22.5. The van der Waals surface area contributed by atoms with Crippen LogP contribution in [0, 0.1) is 5.92 Å². The summed E-state index contributed by atoms with van der Waals surface area (Å²) in [5.41, 5.74) is 0.833. The van der Waals surface area contributed by atoms with E-state index in [-0.39, 0.29) is 63.7 Å². The lowest BCUT2D eigenvalue weighted by Crippen LogP contribution is -2.40. The Labute approximate surface area is 241 Å². The fraction of sp³-hybridized carbons (Fsp3) is 0.448. The molecule has 11 nitrogen and oxygen atoms in total. The number of hydrogen-bond acceptors (Lipinski definition) is 7. The third kappa shape index (κ3) is 5.63. The normalized spacial score (nSPS) is 21.0. The molecule has 0 aromatic carbocycles. The molecule has 3 aromatic heterocycles. The lowest BCUT2D eigenvalue weighted by atomic mass is 9.84. The number of halogens is 1. The van der Waals surface area contributed by atoms with Gasteiger partial charge in [-0.25, -0.2) is 9.97 Å². The van der Waals surface area contributed by atoms with Crippen LogP contribution in [0.25, 0.3) is 11.1 Å². The third-order valence-corrected chi connectivity index (χ3v) is 8.41. The Morgan fingerprint density at radius 1 is 0.951 bits per heavy atom. The summed E-state index contributed by atoms with van der Waals surface area (Å²) < 4.78 is 5.89. The van der Waals surface area contributed by atoms with Crippen LogP contribution in [-0.2, 0) is 9.59 Å². The van der Waals surface area contributed by atoms with Gasteiger partial charge in [-0.2, -0.15) is 0 Å². The third-order valence-electron chi connectivity index (χ3n) is 8.19. The molecule has 3 aromatic rings. The van der Waals surface area contributed by atoms with Crippen molar-refractivity contribution >= 4 is 57.8 Å². The molecule has 2 aliphatic heterocycles. The van der Waals surface area contributed by atoms with Crippen LogP contribution in [0.3, 0.4) is 0 Å². The minimum atomic E-state index is -0.628. The minimum Gasteiger partial charge on any atom is -0.447 e. The molecule has 0 spiro atoms. The zero-order chi connectivity index (χ0) is 28.5. The first-order valence-corrected chi connectivity index (χ1v) is 14.5. The van der Waals surface area contributed by atoms with Gasteiger partial charge in [-0.15, -0.1) is 0 Å². The molecule has 0 radical (unpaired) electrons. The second-order valence-corrected chi connectivity index (χ2v) is 11.3. The van der Waals surface area contributed by atoms with E-state index < -0.39 is 5.91 Å². The molecular weight excluding hydrogens is 548 g/mol. The number of carbonyl (C=O) groups is 4. The maximum absolute atomic E-state index is 13.5. The summed E-state index contributed by atoms with van der Waals surface area (Å²) in [6, 6.07) is 6.47. The summed E-state index contributed by atoms with van der Waals surface area (Å²) in [7, 11) is 0. The Morgan fingerprint density at radius 3 is 2.41 bits per heavy atom. The first-order valence-electron chi connectivity index (χ1n) is 14.1. The van der Waals surface area contributed by atoms with E-state index >= 15 is 0 Å². The first-order chi connectivity index (χ1) is 19.9. The highest BCUT2D eigenvalue weighted by Gasteiger charge is 2.35. The Morgan fingerprint density at radius 2 is 1.73 bits per heavy atom. The van der Waals surface area contributed by atoms with Crippen molar-refractivity contribution < 1.29 is 23.6 Å². The average Bonchev–Trinajstić information content (AvgIpc) is 3.75. The summed E-state index contributed by atoms with van der Waals surface area (Å²) in [6.07, 6.45) is 7.52. The van der Waals surface area contributed by atoms with Crippen molar-refractivity contribution in [2.24, 2.45) is 5.92 Å². The van der Waals surface area contributed by atoms with Gasteiger partial charge in [-0.3, -0.25) is 19.2 Å². The van der Waals surface area contributed by atoms with Crippen LogP contribution in [0.4, 0.5) is 11.5 Å². The number of aromatic nitrogens is 2. The van der Waals surface area contributed by atoms with Crippen LogP contribution in [0.1, 0.15) is 72.4 Å². The van der Waals surface area contributed by atoms with Gasteiger partial charge in [0.2, 0.25) is 17.6 Å². The van der Waals surface area contributed by atoms with Crippen LogP contribution < -0.4 is 10.6 Å². The van der Waals surface area contributed by atoms with E-state index in [2.05, 4.69) is 20.6 Å². The Hall–Kier alpha value is -3.99. The molecule has 6 rings (SSSR count). The summed E-state index contributed by atoms with van der Waals surface area (Å²) in [5, 5.41) is 5.99. The summed E-state index contributed by atoms with van der Waals surface area (Å²) in [4.78, 5) is 64.4. The minimum absolute atomic E-state index is 0.115. The highest BCUT2D eigenvalue weighted by Crippen LogP contribution is 2.34. The van der Waals surface area contributed by atoms with Gasteiger partial charge in [0.15, 0.2) is 5.58 Å². The second kappa shape index (κ2) is 11.5. The van der Waals surface area contributed by atoms with E-state index in [1.54, 1.807) is 29.2 Å². The van der Waals surface area contributed by atoms with Crippen molar-refractivity contribution in [3.63, 3.8) is 0 Å². The second-order valence-electron chi connectivity index (χ2n) is 10.8. The van der Waals surface area contributed by atoms with Gasteiger partial charge in [-0.1, -0.05) is 11.6 Å². The van der Waals surface area contributed by atoms with Gasteiger partial charge in [0.05, 0.1) is 5.02 Å². The molecule has 3 aliphatic rings. The number of anilines is 2. The molecule has 5 heterocycles. The van der Waals surface area contributed by atoms with Crippen molar-refractivity contribution in [1.82, 2.24) is 19.8 Å². The maximum Gasteiger partial charge on any atom is 0.294 e. The molecule has 0 bridgehead atoms. The number of nitrogens with one attached hydrogen (secondary N) is 2. The topological polar surface area (TPSA) is 138 Å². The van der Waals surface area contributed by atoms with Gasteiger partial charge in [0.25, 0.3) is 11.8 Å². The maximum atomic E-state index is 13.5. The quantitative estimate of drug-likeness (QED) is 0.440. The number of amides is 4. The van der Waals surface area contributed by atoms with E-state index in [1.165, 1.54) is 6.20 Å². The van der Waals surface area contributed by atoms with Crippen LogP contribution in [0.2, 0.25) is 5.02 Å². The standard InChI is InChI=1S/C29H31ClN6O5/c30-18-7-12-22(31-16-18)33-28(39)26-25(24-21(41-26)11-10-20(32-24)29(40)35-13-1-2-14-35)34-27(38)17-5-8-19(9-6-17)36-15-3-4-23(36)37/h7,10-12,16-17,19H,1-6,8-9,13-15H2,(H,34,38)(H,31,33,39). The number of carbonyl (C=O) groups excluding carboxylic acids is 4. The van der Waals surface area contributed by atoms with E-state index in [1.807, 2.05) is 4.90 Å². The molecule has 12 heteroatoms. The van der Waals surface area contributed by atoms with Gasteiger partial charge in [0.1, 0.15) is 22.7 Å². The first kappa shape index (κ1) is 27.2. The van der Waals surface area contributed by atoms with Gasteiger partial charge >= 0.3 is 0 Å². The molecule has 41 heavy (non-hydrogen) atoms. The summed E-state index contributed by atoms with van der Waals surface area (Å²) in [5.74, 6) is -1.07. The lowest BCUT2D eigenvalue weighted by molar-refractivity contribution is -0.130. The van der Waals surface area contributed by atoms with Crippen LogP contribution >= 0.6 is 11.6 Å². The predicted octanol–water partition coefficient (Wildman–Crippen LogP) is 4.48. The SMILES string of the molecule is O=C(Nc1ccc(Cl)cn1)c1oc2ccc(C(=O)N3CCCC3)nc2c1NC(=O)C1CCC(N2CCCC2=O)CC1. The molecule has 1 aliphatic carbocycles. The Kier molecular flexibility index (Phi) is 7.61. The fourth-order valence-corrected chi connectivity index (χ4v) is 6.12. The number of hydrogen-bond donors (Lipinski definition) is 2. The van der Waals surface area contributed by atoms with Crippen molar-refractivity contribution in [2.75, 3.05) is 30.3 Å². The number of fused-ring (bicyclic) bond motifs is 1. The molecule has 0 atom stereocenters. The molecule has 2 saturated heterocycles. The van der Waals surface area contributed by atoms with Crippen LogP contribution in [0.5, 0.6) is 0 Å². The number of likely N-dealkylation sites (tertiary alicyclic amines) is 2. The number of pyridine rings is 2. The van der Waals surface area contributed by atoms with E-state index in [4.69, 9.17) is 16.0 Å². The van der Waals surface area contributed by atoms with Crippen molar-refractivity contribution in [2.45, 2.75) is 57.4 Å². The van der Waals surface area contributed by atoms with Gasteiger partial charge in [-0.05, 0) is 69.2 Å². The largest absolute Gasteiger partial charge is 0.447 e. The molecular formula is C29H31ClN6O5. The zero-order valence-corrected chi connectivity index (χ0v) is 23.3. The lowest BCUT2D eigenvalue weighted by Gasteiger charge is -2.34. The van der Waals surface area contributed by atoms with E-state index in [9.17, 15) is 19.2 Å². The number of furan rings is 1. The van der Waals surface area contributed by atoms with Crippen molar-refractivity contribution in [3.05, 3.63) is 46.9 Å². The average molecular weight is 579 g/mol. The Balaban J connectivity index is 1.26. The molecule has 4 amide bonds. The van der Waals surface area contributed by atoms with Gasteiger partial charge < -0.3 is 24.9 Å². The molecule has 214 valence electrons. The van der Waals surface area contributed by atoms with Crippen molar-refractivity contribution in [1.29, 1.82) is 0 Å². The monoisotopic (exact) mass is 578 g/mol. The molecule has 2 N–H and O–H groups in total. The molecule has 1 saturated carbocycles. The molecule has 3 fully saturated rings. The Bertz CT molecular complexity index is 1490. The highest BCUT2D eigenvalue weighted by molar-refractivity contribution is 6.30. The molecule has 0 unspecified atom stereocenters. The van der Waals surface area contributed by atoms with E-state index in [0.717, 1.165) is 38.6 Å².